The molecule has 1 amide bonds. The number of likely N-dealkylation sites (N-methyl/N-ethyl adjacent to an activating group) is 1. The first-order valence-corrected chi connectivity index (χ1v) is 4.80. The molecule has 0 spiro atoms. The number of hydrogen-bond donors (Lipinski definition) is 2. The molecule has 0 bridgehead atoms. The van der Waals surface area contributed by atoms with Gasteiger partial charge in [0, 0.05) is 5.38 Å². The molecule has 4 heteroatoms. The van der Waals surface area contributed by atoms with Gasteiger partial charge in [0.05, 0.1) is 12.2 Å². The zero-order valence-electron chi connectivity index (χ0n) is 6.96. The summed E-state index contributed by atoms with van der Waals surface area (Å²) in [5.74, 6) is 0.00949. The number of hydrogen-bond acceptors (Lipinski definition) is 3. The maximum absolute atomic E-state index is 11.1. The van der Waals surface area contributed by atoms with Crippen LogP contribution in [0.25, 0.3) is 0 Å². The monoisotopic (exact) mass is 184 g/mol. The third-order valence-electron chi connectivity index (χ3n) is 1.34. The van der Waals surface area contributed by atoms with Crippen molar-refractivity contribution in [3.05, 3.63) is 16.8 Å². The second-order valence-corrected chi connectivity index (χ2v) is 3.12. The molecule has 0 saturated heterocycles. The Labute approximate surface area is 75.8 Å². The molecule has 1 aromatic rings. The Morgan fingerprint density at radius 1 is 1.67 bits per heavy atom. The Hall–Kier alpha value is -0.870. The van der Waals surface area contributed by atoms with Gasteiger partial charge in [0.25, 0.3) is 0 Å². The van der Waals surface area contributed by atoms with Crippen molar-refractivity contribution in [2.24, 2.45) is 0 Å². The SMILES string of the molecule is CCNCC(=O)Nc1ccsc1. The summed E-state index contributed by atoms with van der Waals surface area (Å²) in [6.07, 6.45) is 0. The highest BCUT2D eigenvalue weighted by atomic mass is 32.1. The zero-order chi connectivity index (χ0) is 8.81. The van der Waals surface area contributed by atoms with Gasteiger partial charge < -0.3 is 10.6 Å². The molecule has 1 aromatic heterocycles. The first kappa shape index (κ1) is 9.22. The summed E-state index contributed by atoms with van der Waals surface area (Å²) >= 11 is 1.57. The summed E-state index contributed by atoms with van der Waals surface area (Å²) in [5, 5.41) is 9.56. The molecule has 0 fully saturated rings. The van der Waals surface area contributed by atoms with Crippen LogP contribution in [-0.2, 0) is 4.79 Å². The fourth-order valence-corrected chi connectivity index (χ4v) is 1.37. The minimum Gasteiger partial charge on any atom is -0.324 e. The fraction of sp³-hybridized carbons (Fsp3) is 0.375. The summed E-state index contributed by atoms with van der Waals surface area (Å²) in [6.45, 7) is 3.17. The summed E-state index contributed by atoms with van der Waals surface area (Å²) in [7, 11) is 0. The van der Waals surface area contributed by atoms with Gasteiger partial charge in [-0.2, -0.15) is 11.3 Å². The van der Waals surface area contributed by atoms with Crippen molar-refractivity contribution in [3.8, 4) is 0 Å². The Morgan fingerprint density at radius 3 is 3.08 bits per heavy atom. The molecule has 12 heavy (non-hydrogen) atoms. The Balaban J connectivity index is 2.27. The number of thiophene rings is 1. The third-order valence-corrected chi connectivity index (χ3v) is 2.02. The van der Waals surface area contributed by atoms with Crippen LogP contribution in [0.15, 0.2) is 16.8 Å². The highest BCUT2D eigenvalue weighted by Gasteiger charge is 1.99. The van der Waals surface area contributed by atoms with Gasteiger partial charge in [0.1, 0.15) is 0 Å². The number of carbonyl (C=O) groups excluding carboxylic acids is 1. The van der Waals surface area contributed by atoms with Crippen molar-refractivity contribution in [3.63, 3.8) is 0 Å². The van der Waals surface area contributed by atoms with Crippen LogP contribution in [0.4, 0.5) is 5.69 Å². The summed E-state index contributed by atoms with van der Waals surface area (Å²) < 4.78 is 0. The van der Waals surface area contributed by atoms with Gasteiger partial charge in [-0.1, -0.05) is 6.92 Å². The molecule has 2 N–H and O–H groups in total. The van der Waals surface area contributed by atoms with Gasteiger partial charge in [0.15, 0.2) is 0 Å². The van der Waals surface area contributed by atoms with Crippen molar-refractivity contribution >= 4 is 22.9 Å². The van der Waals surface area contributed by atoms with Gasteiger partial charge in [0.2, 0.25) is 5.91 Å². The van der Waals surface area contributed by atoms with E-state index in [0.717, 1.165) is 12.2 Å². The van der Waals surface area contributed by atoms with Crippen molar-refractivity contribution < 1.29 is 4.79 Å². The number of nitrogens with one attached hydrogen (secondary N) is 2. The van der Waals surface area contributed by atoms with E-state index in [9.17, 15) is 4.79 Å². The average molecular weight is 184 g/mol. The van der Waals surface area contributed by atoms with E-state index in [1.165, 1.54) is 0 Å². The third kappa shape index (κ3) is 3.02. The summed E-state index contributed by atoms with van der Waals surface area (Å²) in [4.78, 5) is 11.1. The molecule has 0 atom stereocenters. The van der Waals surface area contributed by atoms with E-state index >= 15 is 0 Å². The highest BCUT2D eigenvalue weighted by Crippen LogP contribution is 2.10. The van der Waals surface area contributed by atoms with E-state index in [2.05, 4.69) is 10.6 Å². The molecule has 1 heterocycles. The maximum atomic E-state index is 11.1. The van der Waals surface area contributed by atoms with Gasteiger partial charge in [-0.05, 0) is 18.0 Å². The van der Waals surface area contributed by atoms with Crippen LogP contribution in [0.3, 0.4) is 0 Å². The molecule has 0 aromatic carbocycles. The lowest BCUT2D eigenvalue weighted by molar-refractivity contribution is -0.115. The topological polar surface area (TPSA) is 41.1 Å². The lowest BCUT2D eigenvalue weighted by Crippen LogP contribution is -2.27. The molecule has 1 rings (SSSR count). The fourth-order valence-electron chi connectivity index (χ4n) is 0.779. The van der Waals surface area contributed by atoms with Gasteiger partial charge in [-0.3, -0.25) is 4.79 Å². The largest absolute Gasteiger partial charge is 0.324 e. The van der Waals surface area contributed by atoms with E-state index in [1.54, 1.807) is 11.3 Å². The van der Waals surface area contributed by atoms with Crippen molar-refractivity contribution in [1.29, 1.82) is 0 Å². The number of anilines is 1. The quantitative estimate of drug-likeness (QED) is 0.740. The Kier molecular flexibility index (Phi) is 3.76. The molecule has 0 aliphatic heterocycles. The second-order valence-electron chi connectivity index (χ2n) is 2.34. The second kappa shape index (κ2) is 4.90. The van der Waals surface area contributed by atoms with Crippen LogP contribution in [0.5, 0.6) is 0 Å². The van der Waals surface area contributed by atoms with E-state index in [4.69, 9.17) is 0 Å². The zero-order valence-corrected chi connectivity index (χ0v) is 7.78. The van der Waals surface area contributed by atoms with Gasteiger partial charge in [-0.25, -0.2) is 0 Å². The smallest absolute Gasteiger partial charge is 0.238 e. The molecule has 0 aliphatic rings. The van der Waals surface area contributed by atoms with Crippen LogP contribution < -0.4 is 10.6 Å². The van der Waals surface area contributed by atoms with E-state index in [0.29, 0.717) is 6.54 Å². The standard InChI is InChI=1S/C8H12N2OS/c1-2-9-5-8(11)10-7-3-4-12-6-7/h3-4,6,9H,2,5H2,1H3,(H,10,11). The molecule has 0 radical (unpaired) electrons. The first-order chi connectivity index (χ1) is 5.83. The van der Waals surface area contributed by atoms with Crippen LogP contribution in [0, 0.1) is 0 Å². The first-order valence-electron chi connectivity index (χ1n) is 3.85. The molecular weight excluding hydrogens is 172 g/mol. The predicted octanol–water partition coefficient (Wildman–Crippen LogP) is 1.30. The van der Waals surface area contributed by atoms with Crippen molar-refractivity contribution in [1.82, 2.24) is 5.32 Å². The van der Waals surface area contributed by atoms with Crippen molar-refractivity contribution in [2.75, 3.05) is 18.4 Å². The molecule has 3 nitrogen and oxygen atoms in total. The van der Waals surface area contributed by atoms with Gasteiger partial charge in [-0.15, -0.1) is 0 Å². The molecule has 0 unspecified atom stereocenters. The summed E-state index contributed by atoms with van der Waals surface area (Å²) in [5.41, 5.74) is 0.878. The molecule has 0 aliphatic carbocycles. The van der Waals surface area contributed by atoms with E-state index in [1.807, 2.05) is 23.8 Å². The molecular formula is C8H12N2OS. The predicted molar refractivity (Wildman–Crippen MR) is 51.5 cm³/mol. The summed E-state index contributed by atoms with van der Waals surface area (Å²) in [6, 6.07) is 1.88. The minimum absolute atomic E-state index is 0.00949. The lowest BCUT2D eigenvalue weighted by atomic mass is 10.5. The van der Waals surface area contributed by atoms with E-state index in [-0.39, 0.29) is 5.91 Å². The Bertz CT molecular complexity index is 233. The van der Waals surface area contributed by atoms with Crippen LogP contribution in [0.2, 0.25) is 0 Å². The number of carbonyl (C=O) groups is 1. The van der Waals surface area contributed by atoms with Crippen LogP contribution in [-0.4, -0.2) is 19.0 Å². The van der Waals surface area contributed by atoms with Crippen LogP contribution in [0.1, 0.15) is 6.92 Å². The number of rotatable bonds is 4. The average Bonchev–Trinajstić information content (AvgIpc) is 2.53. The van der Waals surface area contributed by atoms with Crippen molar-refractivity contribution in [2.45, 2.75) is 6.92 Å². The maximum Gasteiger partial charge on any atom is 0.238 e. The lowest BCUT2D eigenvalue weighted by Gasteiger charge is -2.01. The highest BCUT2D eigenvalue weighted by molar-refractivity contribution is 7.08. The number of amides is 1. The van der Waals surface area contributed by atoms with E-state index < -0.39 is 0 Å². The molecule has 66 valence electrons. The molecule has 0 saturated carbocycles. The Morgan fingerprint density at radius 2 is 2.50 bits per heavy atom. The van der Waals surface area contributed by atoms with Crippen LogP contribution >= 0.6 is 11.3 Å². The minimum atomic E-state index is 0.00949. The van der Waals surface area contributed by atoms with Gasteiger partial charge >= 0.3 is 0 Å². The normalized spacial score (nSPS) is 9.75.